The maximum Gasteiger partial charge on any atom is 0.0212 e. The highest BCUT2D eigenvalue weighted by atomic mass is 14.9. The summed E-state index contributed by atoms with van der Waals surface area (Å²) < 4.78 is 0. The lowest BCUT2D eigenvalue weighted by atomic mass is 10.1. The molecule has 15 heavy (non-hydrogen) atoms. The number of nitrogens with one attached hydrogen (secondary N) is 2. The smallest absolute Gasteiger partial charge is 0.0212 e. The average molecular weight is 204 g/mol. The van der Waals surface area contributed by atoms with Gasteiger partial charge in [-0.25, -0.2) is 0 Å². The molecule has 0 radical (unpaired) electrons. The third-order valence-electron chi connectivity index (χ3n) is 3.17. The topological polar surface area (TPSA) is 24.1 Å². The van der Waals surface area contributed by atoms with Crippen LogP contribution in [-0.4, -0.2) is 6.04 Å². The van der Waals surface area contributed by atoms with Crippen molar-refractivity contribution in [3.8, 4) is 0 Å². The zero-order chi connectivity index (χ0) is 10.7. The summed E-state index contributed by atoms with van der Waals surface area (Å²) in [5.74, 6) is 0. The van der Waals surface area contributed by atoms with Crippen LogP contribution in [0.15, 0.2) is 18.2 Å². The van der Waals surface area contributed by atoms with E-state index in [1.807, 2.05) is 0 Å². The minimum atomic E-state index is 0.608. The van der Waals surface area contributed by atoms with Crippen molar-refractivity contribution in [3.05, 3.63) is 34.9 Å². The van der Waals surface area contributed by atoms with Gasteiger partial charge in [0.1, 0.15) is 0 Å². The summed E-state index contributed by atoms with van der Waals surface area (Å²) in [6.07, 6.45) is 1.19. The molecule has 1 unspecified atom stereocenters. The highest BCUT2D eigenvalue weighted by Crippen LogP contribution is 2.16. The SMILES string of the molecule is CCC(C)NCc1ccc2c(c1)CNC2. The Labute approximate surface area is 92.1 Å². The molecule has 1 aromatic rings. The van der Waals surface area contributed by atoms with Crippen molar-refractivity contribution >= 4 is 0 Å². The molecule has 2 heteroatoms. The van der Waals surface area contributed by atoms with Crippen LogP contribution in [0.4, 0.5) is 0 Å². The molecule has 1 aliphatic rings. The monoisotopic (exact) mass is 204 g/mol. The van der Waals surface area contributed by atoms with Gasteiger partial charge in [0.25, 0.3) is 0 Å². The van der Waals surface area contributed by atoms with Gasteiger partial charge in [-0.2, -0.15) is 0 Å². The van der Waals surface area contributed by atoms with Gasteiger partial charge in [-0.1, -0.05) is 25.1 Å². The van der Waals surface area contributed by atoms with Gasteiger partial charge in [0.15, 0.2) is 0 Å². The quantitative estimate of drug-likeness (QED) is 0.785. The minimum Gasteiger partial charge on any atom is -0.310 e. The summed E-state index contributed by atoms with van der Waals surface area (Å²) in [7, 11) is 0. The maximum absolute atomic E-state index is 3.52. The molecule has 0 bridgehead atoms. The maximum atomic E-state index is 3.52. The van der Waals surface area contributed by atoms with Gasteiger partial charge < -0.3 is 10.6 Å². The van der Waals surface area contributed by atoms with Crippen LogP contribution < -0.4 is 10.6 Å². The third-order valence-corrected chi connectivity index (χ3v) is 3.17. The fourth-order valence-corrected chi connectivity index (χ4v) is 1.89. The molecule has 0 fully saturated rings. The summed E-state index contributed by atoms with van der Waals surface area (Å²) in [4.78, 5) is 0. The van der Waals surface area contributed by atoms with Crippen LogP contribution in [0.3, 0.4) is 0 Å². The van der Waals surface area contributed by atoms with E-state index in [2.05, 4.69) is 42.7 Å². The lowest BCUT2D eigenvalue weighted by molar-refractivity contribution is 0.534. The zero-order valence-corrected chi connectivity index (χ0v) is 9.64. The van der Waals surface area contributed by atoms with Crippen molar-refractivity contribution in [2.75, 3.05) is 0 Å². The Balaban J connectivity index is 1.98. The predicted molar refractivity (Wildman–Crippen MR) is 63.6 cm³/mol. The molecule has 0 saturated heterocycles. The van der Waals surface area contributed by atoms with Crippen LogP contribution in [0.5, 0.6) is 0 Å². The number of rotatable bonds is 4. The van der Waals surface area contributed by atoms with Crippen molar-refractivity contribution in [2.24, 2.45) is 0 Å². The van der Waals surface area contributed by atoms with E-state index < -0.39 is 0 Å². The molecule has 1 aromatic carbocycles. The van der Waals surface area contributed by atoms with Crippen LogP contribution in [0.2, 0.25) is 0 Å². The standard InChI is InChI=1S/C13H20N2/c1-3-10(2)15-7-11-4-5-12-8-14-9-13(12)6-11/h4-6,10,14-15H,3,7-9H2,1-2H3. The van der Waals surface area contributed by atoms with E-state index in [-0.39, 0.29) is 0 Å². The molecule has 0 amide bonds. The predicted octanol–water partition coefficient (Wildman–Crippen LogP) is 2.18. The first-order chi connectivity index (χ1) is 7.29. The Bertz CT molecular complexity index is 333. The van der Waals surface area contributed by atoms with Crippen molar-refractivity contribution in [2.45, 2.75) is 45.9 Å². The van der Waals surface area contributed by atoms with Crippen LogP contribution in [0.25, 0.3) is 0 Å². The molecular weight excluding hydrogens is 184 g/mol. The first-order valence-electron chi connectivity index (χ1n) is 5.84. The average Bonchev–Trinajstić information content (AvgIpc) is 2.72. The second-order valence-electron chi connectivity index (χ2n) is 4.40. The molecule has 0 spiro atoms. The van der Waals surface area contributed by atoms with E-state index in [0.717, 1.165) is 19.6 Å². The molecule has 0 saturated carbocycles. The summed E-state index contributed by atoms with van der Waals surface area (Å²) >= 11 is 0. The van der Waals surface area contributed by atoms with Gasteiger partial charge in [0.2, 0.25) is 0 Å². The Hall–Kier alpha value is -0.860. The van der Waals surface area contributed by atoms with E-state index in [4.69, 9.17) is 0 Å². The molecule has 1 aliphatic heterocycles. The molecule has 1 atom stereocenters. The van der Waals surface area contributed by atoms with Crippen LogP contribution >= 0.6 is 0 Å². The first-order valence-corrected chi connectivity index (χ1v) is 5.84. The van der Waals surface area contributed by atoms with Crippen molar-refractivity contribution in [1.29, 1.82) is 0 Å². The Morgan fingerprint density at radius 3 is 2.93 bits per heavy atom. The minimum absolute atomic E-state index is 0.608. The van der Waals surface area contributed by atoms with E-state index in [1.54, 1.807) is 0 Å². The molecule has 2 rings (SSSR count). The molecular formula is C13H20N2. The van der Waals surface area contributed by atoms with Crippen molar-refractivity contribution in [1.82, 2.24) is 10.6 Å². The number of fused-ring (bicyclic) bond motifs is 1. The summed E-state index contributed by atoms with van der Waals surface area (Å²) in [6, 6.07) is 7.42. The van der Waals surface area contributed by atoms with Crippen molar-refractivity contribution in [3.63, 3.8) is 0 Å². The van der Waals surface area contributed by atoms with Gasteiger partial charge >= 0.3 is 0 Å². The van der Waals surface area contributed by atoms with E-state index >= 15 is 0 Å². The Morgan fingerprint density at radius 1 is 1.33 bits per heavy atom. The fraction of sp³-hybridized carbons (Fsp3) is 0.538. The highest BCUT2D eigenvalue weighted by molar-refractivity contribution is 5.34. The summed E-state index contributed by atoms with van der Waals surface area (Å²) in [5.41, 5.74) is 4.33. The molecule has 0 aliphatic carbocycles. The highest BCUT2D eigenvalue weighted by Gasteiger charge is 2.09. The summed E-state index contributed by atoms with van der Waals surface area (Å²) in [5, 5.41) is 6.89. The van der Waals surface area contributed by atoms with Gasteiger partial charge in [0.05, 0.1) is 0 Å². The second-order valence-corrected chi connectivity index (χ2v) is 4.40. The van der Waals surface area contributed by atoms with E-state index in [0.29, 0.717) is 6.04 Å². The Kier molecular flexibility index (Phi) is 3.39. The number of benzene rings is 1. The third kappa shape index (κ3) is 2.58. The van der Waals surface area contributed by atoms with Crippen LogP contribution in [0.1, 0.15) is 37.0 Å². The van der Waals surface area contributed by atoms with Gasteiger partial charge in [-0.15, -0.1) is 0 Å². The molecule has 0 aromatic heterocycles. The largest absolute Gasteiger partial charge is 0.310 e. The van der Waals surface area contributed by atoms with E-state index in [1.165, 1.54) is 23.1 Å². The zero-order valence-electron chi connectivity index (χ0n) is 9.64. The van der Waals surface area contributed by atoms with Gasteiger partial charge in [-0.05, 0) is 30.0 Å². The van der Waals surface area contributed by atoms with E-state index in [9.17, 15) is 0 Å². The molecule has 1 heterocycles. The normalized spacial score (nSPS) is 16.4. The van der Waals surface area contributed by atoms with Crippen molar-refractivity contribution < 1.29 is 0 Å². The fourth-order valence-electron chi connectivity index (χ4n) is 1.89. The second kappa shape index (κ2) is 4.77. The van der Waals surface area contributed by atoms with Crippen LogP contribution in [0, 0.1) is 0 Å². The molecule has 2 N–H and O–H groups in total. The number of hydrogen-bond donors (Lipinski definition) is 2. The lowest BCUT2D eigenvalue weighted by Crippen LogP contribution is -2.24. The first kappa shape index (κ1) is 10.7. The van der Waals surface area contributed by atoms with Crippen LogP contribution in [-0.2, 0) is 19.6 Å². The number of hydrogen-bond acceptors (Lipinski definition) is 2. The lowest BCUT2D eigenvalue weighted by Gasteiger charge is -2.11. The molecule has 2 nitrogen and oxygen atoms in total. The van der Waals surface area contributed by atoms with Gasteiger partial charge in [0, 0.05) is 25.7 Å². The summed E-state index contributed by atoms with van der Waals surface area (Å²) in [6.45, 7) is 7.50. The molecule has 82 valence electrons. The Morgan fingerprint density at radius 2 is 2.13 bits per heavy atom. The van der Waals surface area contributed by atoms with Gasteiger partial charge in [-0.3, -0.25) is 0 Å².